The van der Waals surface area contributed by atoms with Crippen LogP contribution in [-0.4, -0.2) is 71.7 Å². The van der Waals surface area contributed by atoms with Crippen LogP contribution in [0.5, 0.6) is 0 Å². The van der Waals surface area contributed by atoms with E-state index < -0.39 is 33.9 Å². The van der Waals surface area contributed by atoms with Crippen LogP contribution in [0.15, 0.2) is 30.5 Å². The van der Waals surface area contributed by atoms with Gasteiger partial charge in [-0.2, -0.15) is 0 Å². The predicted molar refractivity (Wildman–Crippen MR) is 123 cm³/mol. The monoisotopic (exact) mass is 475 g/mol. The van der Waals surface area contributed by atoms with E-state index in [1.807, 2.05) is 13.8 Å². The highest BCUT2D eigenvalue weighted by Gasteiger charge is 2.40. The molecule has 178 valence electrons. The molecule has 0 radical (unpaired) electrons. The Bertz CT molecular complexity index is 1150. The molecule has 10 nitrogen and oxygen atoms in total. The molecule has 2 aromatic rings. The summed E-state index contributed by atoms with van der Waals surface area (Å²) in [6.07, 6.45) is 3.17. The number of amides is 2. The average Bonchev–Trinajstić information content (AvgIpc) is 2.96. The third kappa shape index (κ3) is 6.11. The molecule has 11 heteroatoms. The fourth-order valence-electron chi connectivity index (χ4n) is 3.85. The molecule has 1 aliphatic heterocycles. The van der Waals surface area contributed by atoms with E-state index in [4.69, 9.17) is 0 Å². The van der Waals surface area contributed by atoms with Gasteiger partial charge in [-0.15, -0.1) is 0 Å². The number of aromatic nitrogens is 2. The van der Waals surface area contributed by atoms with Gasteiger partial charge in [0.25, 0.3) is 11.8 Å². The second-order valence-corrected chi connectivity index (χ2v) is 10.5. The standard InChI is InChI=1S/C22H29N5O5S/c1-14(2)11-17(26-21(29)18-12-24-15-7-4-5-8-16(15)25-18)22(30)27(33(3,31)32)19-9-6-10-23-13-20(19)28/h4-5,7-8,12,14,17,19,23H,6,9-11,13H2,1-3H3,(H,26,29)/t17-,19?/m0/s1. The minimum Gasteiger partial charge on any atom is -0.339 e. The Labute approximate surface area is 193 Å². The van der Waals surface area contributed by atoms with Crippen molar-refractivity contribution >= 4 is 38.7 Å². The first-order chi connectivity index (χ1) is 15.6. The van der Waals surface area contributed by atoms with Crippen molar-refractivity contribution in [3.8, 4) is 0 Å². The number of hydrogen-bond acceptors (Lipinski definition) is 8. The summed E-state index contributed by atoms with van der Waals surface area (Å²) in [5.41, 5.74) is 1.15. The Hall–Kier alpha value is -2.92. The minimum absolute atomic E-state index is 0.0101. The first kappa shape index (κ1) is 24.7. The lowest BCUT2D eigenvalue weighted by atomic mass is 10.0. The molecule has 1 aliphatic rings. The lowest BCUT2D eigenvalue weighted by Crippen LogP contribution is -2.56. The van der Waals surface area contributed by atoms with Gasteiger partial charge < -0.3 is 10.6 Å². The number of sulfonamides is 1. The molecule has 2 atom stereocenters. The summed E-state index contributed by atoms with van der Waals surface area (Å²) >= 11 is 0. The highest BCUT2D eigenvalue weighted by molar-refractivity contribution is 7.89. The molecular weight excluding hydrogens is 446 g/mol. The molecule has 0 spiro atoms. The van der Waals surface area contributed by atoms with Gasteiger partial charge in [-0.3, -0.25) is 19.4 Å². The Balaban J connectivity index is 1.91. The fraction of sp³-hybridized carbons (Fsp3) is 0.500. The van der Waals surface area contributed by atoms with E-state index in [-0.39, 0.29) is 36.8 Å². The molecule has 2 amide bonds. The van der Waals surface area contributed by atoms with Crippen molar-refractivity contribution in [3.05, 3.63) is 36.2 Å². The largest absolute Gasteiger partial charge is 0.339 e. The molecule has 2 N–H and O–H groups in total. The number of hydrogen-bond donors (Lipinski definition) is 2. The number of para-hydroxylation sites is 2. The predicted octanol–water partition coefficient (Wildman–Crippen LogP) is 0.884. The molecule has 0 aliphatic carbocycles. The van der Waals surface area contributed by atoms with E-state index in [9.17, 15) is 22.8 Å². The van der Waals surface area contributed by atoms with Crippen LogP contribution in [0, 0.1) is 5.92 Å². The van der Waals surface area contributed by atoms with Crippen molar-refractivity contribution in [2.45, 2.75) is 45.2 Å². The summed E-state index contributed by atoms with van der Waals surface area (Å²) in [6, 6.07) is 4.80. The van der Waals surface area contributed by atoms with Crippen LogP contribution in [0.4, 0.5) is 0 Å². The van der Waals surface area contributed by atoms with E-state index in [2.05, 4.69) is 20.6 Å². The number of fused-ring (bicyclic) bond motifs is 1. The van der Waals surface area contributed by atoms with E-state index in [1.165, 1.54) is 6.20 Å². The Morgan fingerprint density at radius 2 is 1.94 bits per heavy atom. The Kier molecular flexibility index (Phi) is 7.75. The maximum Gasteiger partial charge on any atom is 0.272 e. The number of rotatable bonds is 7. The summed E-state index contributed by atoms with van der Waals surface area (Å²) in [4.78, 5) is 47.5. The molecular formula is C22H29N5O5S. The first-order valence-corrected chi connectivity index (χ1v) is 12.7. The van der Waals surface area contributed by atoms with Gasteiger partial charge in [0.1, 0.15) is 17.8 Å². The number of nitrogens with zero attached hydrogens (tertiary/aromatic N) is 3. The molecule has 2 heterocycles. The van der Waals surface area contributed by atoms with E-state index >= 15 is 0 Å². The summed E-state index contributed by atoms with van der Waals surface area (Å²) in [5.74, 6) is -1.88. The van der Waals surface area contributed by atoms with Crippen LogP contribution in [0.2, 0.25) is 0 Å². The Morgan fingerprint density at radius 1 is 1.24 bits per heavy atom. The third-order valence-corrected chi connectivity index (χ3v) is 6.50. The minimum atomic E-state index is -4.07. The van der Waals surface area contributed by atoms with Crippen molar-refractivity contribution in [2.75, 3.05) is 19.3 Å². The van der Waals surface area contributed by atoms with Crippen LogP contribution >= 0.6 is 0 Å². The normalized spacial score (nSPS) is 18.1. The molecule has 1 aromatic heterocycles. The quantitative estimate of drug-likeness (QED) is 0.602. The van der Waals surface area contributed by atoms with Crippen molar-refractivity contribution in [3.63, 3.8) is 0 Å². The number of Topliss-reactive ketones (excluding diaryl/α,β-unsaturated/α-hetero) is 1. The highest BCUT2D eigenvalue weighted by Crippen LogP contribution is 2.19. The summed E-state index contributed by atoms with van der Waals surface area (Å²) in [7, 11) is -4.07. The average molecular weight is 476 g/mol. The van der Waals surface area contributed by atoms with Gasteiger partial charge in [0.15, 0.2) is 5.78 Å². The molecule has 0 saturated carbocycles. The molecule has 33 heavy (non-hydrogen) atoms. The van der Waals surface area contributed by atoms with Crippen molar-refractivity contribution < 1.29 is 22.8 Å². The highest BCUT2D eigenvalue weighted by atomic mass is 32.2. The van der Waals surface area contributed by atoms with E-state index in [1.54, 1.807) is 24.3 Å². The number of carbonyl (C=O) groups excluding carboxylic acids is 3. The topological polar surface area (TPSA) is 138 Å². The molecule has 0 bridgehead atoms. The Morgan fingerprint density at radius 3 is 2.61 bits per heavy atom. The summed E-state index contributed by atoms with van der Waals surface area (Å²) < 4.78 is 25.9. The molecule has 1 fully saturated rings. The van der Waals surface area contributed by atoms with Crippen molar-refractivity contribution in [1.29, 1.82) is 0 Å². The van der Waals surface area contributed by atoms with Crippen molar-refractivity contribution in [1.82, 2.24) is 24.9 Å². The van der Waals surface area contributed by atoms with Gasteiger partial charge in [-0.05, 0) is 43.9 Å². The lowest BCUT2D eigenvalue weighted by molar-refractivity contribution is -0.135. The second kappa shape index (κ2) is 10.3. The van der Waals surface area contributed by atoms with Gasteiger partial charge in [0.2, 0.25) is 10.0 Å². The molecule has 1 aromatic carbocycles. The lowest BCUT2D eigenvalue weighted by Gasteiger charge is -2.32. The zero-order valence-corrected chi connectivity index (χ0v) is 19.8. The van der Waals surface area contributed by atoms with Crippen molar-refractivity contribution in [2.24, 2.45) is 5.92 Å². The molecule has 1 unspecified atom stereocenters. The van der Waals surface area contributed by atoms with Gasteiger partial charge >= 0.3 is 0 Å². The maximum atomic E-state index is 13.5. The number of ketones is 1. The molecule has 3 rings (SSSR count). The zero-order valence-electron chi connectivity index (χ0n) is 18.9. The van der Waals surface area contributed by atoms with Gasteiger partial charge in [-0.1, -0.05) is 26.0 Å². The van der Waals surface area contributed by atoms with E-state index in [0.717, 1.165) is 6.26 Å². The van der Waals surface area contributed by atoms with Crippen LogP contribution in [0.25, 0.3) is 11.0 Å². The van der Waals surface area contributed by atoms with E-state index in [0.29, 0.717) is 28.3 Å². The van der Waals surface area contributed by atoms with Crippen LogP contribution < -0.4 is 10.6 Å². The summed E-state index contributed by atoms with van der Waals surface area (Å²) in [6.45, 7) is 4.25. The maximum absolute atomic E-state index is 13.5. The first-order valence-electron chi connectivity index (χ1n) is 10.9. The van der Waals surface area contributed by atoms with Gasteiger partial charge in [0.05, 0.1) is 30.0 Å². The number of carbonyl (C=O) groups is 3. The SMILES string of the molecule is CC(C)C[C@H](NC(=O)c1cnc2ccccc2n1)C(=O)N(C1CCCNCC1=O)S(C)(=O)=O. The van der Waals surface area contributed by atoms with Crippen LogP contribution in [0.3, 0.4) is 0 Å². The summed E-state index contributed by atoms with van der Waals surface area (Å²) in [5, 5.41) is 5.56. The molecule has 1 saturated heterocycles. The van der Waals surface area contributed by atoms with Crippen LogP contribution in [0.1, 0.15) is 43.6 Å². The number of nitrogens with one attached hydrogen (secondary N) is 2. The smallest absolute Gasteiger partial charge is 0.272 e. The van der Waals surface area contributed by atoms with Gasteiger partial charge in [0, 0.05) is 0 Å². The van der Waals surface area contributed by atoms with Gasteiger partial charge in [-0.25, -0.2) is 17.7 Å². The van der Waals surface area contributed by atoms with Crippen LogP contribution in [-0.2, 0) is 19.6 Å². The zero-order chi connectivity index (χ0) is 24.2. The second-order valence-electron chi connectivity index (χ2n) is 8.60. The fourth-order valence-corrected chi connectivity index (χ4v) is 4.99. The number of benzene rings is 1. The third-order valence-electron chi connectivity index (χ3n) is 5.35.